The van der Waals surface area contributed by atoms with Crippen LogP contribution in [0.1, 0.15) is 94.3 Å². The molecule has 0 amide bonds. The van der Waals surface area contributed by atoms with E-state index in [0.29, 0.717) is 13.2 Å². The fourth-order valence-corrected chi connectivity index (χ4v) is 4.39. The van der Waals surface area contributed by atoms with Gasteiger partial charge in [0.2, 0.25) is 0 Å². The summed E-state index contributed by atoms with van der Waals surface area (Å²) in [5.74, 6) is -2.47. The molecule has 0 atom stereocenters. The molecule has 0 aromatic carbocycles. The molecule has 3 rings (SSSR count). The smallest absolute Gasteiger partial charge is 0.357 e. The lowest BCUT2D eigenvalue weighted by molar-refractivity contribution is 0.00112. The maximum absolute atomic E-state index is 12.8. The Labute approximate surface area is 303 Å². The van der Waals surface area contributed by atoms with Gasteiger partial charge >= 0.3 is 23.9 Å². The van der Waals surface area contributed by atoms with Gasteiger partial charge in [0.1, 0.15) is 37.9 Å². The molecular formula is C36H50N2O14. The minimum absolute atomic E-state index is 0.0739. The zero-order valence-electron chi connectivity index (χ0n) is 30.1. The van der Waals surface area contributed by atoms with Crippen LogP contribution >= 0.6 is 0 Å². The Bertz CT molecular complexity index is 1200. The van der Waals surface area contributed by atoms with Crippen LogP contribution in [0.3, 0.4) is 0 Å². The summed E-state index contributed by atoms with van der Waals surface area (Å²) in [4.78, 5) is 59.3. The highest BCUT2D eigenvalue weighted by atomic mass is 16.6. The van der Waals surface area contributed by atoms with E-state index in [9.17, 15) is 19.2 Å². The maximum Gasteiger partial charge on any atom is 0.357 e. The van der Waals surface area contributed by atoms with Crippen LogP contribution in [0.25, 0.3) is 0 Å². The van der Waals surface area contributed by atoms with Crippen molar-refractivity contribution >= 4 is 23.9 Å². The highest BCUT2D eigenvalue weighted by Gasteiger charge is 2.20. The number of nitrogens with zero attached hydrogens (tertiary/aromatic N) is 2. The van der Waals surface area contributed by atoms with E-state index in [-0.39, 0.29) is 114 Å². The van der Waals surface area contributed by atoms with Crippen molar-refractivity contribution in [3.63, 3.8) is 0 Å². The Morgan fingerprint density at radius 3 is 0.981 bits per heavy atom. The number of fused-ring (bicyclic) bond motifs is 4. The van der Waals surface area contributed by atoms with Gasteiger partial charge in [-0.2, -0.15) is 0 Å². The predicted octanol–water partition coefficient (Wildman–Crippen LogP) is 4.02. The first-order chi connectivity index (χ1) is 25.4. The molecule has 0 unspecified atom stereocenters. The van der Waals surface area contributed by atoms with E-state index in [1.54, 1.807) is 0 Å². The summed E-state index contributed by atoms with van der Waals surface area (Å²) in [5.41, 5.74) is -0.466. The molecule has 2 aromatic rings. The van der Waals surface area contributed by atoms with Crippen molar-refractivity contribution in [2.45, 2.75) is 52.4 Å². The van der Waals surface area contributed by atoms with Crippen molar-refractivity contribution in [1.82, 2.24) is 9.97 Å². The molecule has 1 aliphatic heterocycles. The van der Waals surface area contributed by atoms with Gasteiger partial charge in [-0.05, 0) is 12.8 Å². The Hall–Kier alpha value is -4.38. The number of pyridine rings is 2. The van der Waals surface area contributed by atoms with E-state index >= 15 is 0 Å². The van der Waals surface area contributed by atoms with Crippen molar-refractivity contribution < 1.29 is 66.5 Å². The third-order valence-corrected chi connectivity index (χ3v) is 7.05. The molecule has 52 heavy (non-hydrogen) atoms. The highest BCUT2D eigenvalue weighted by Crippen LogP contribution is 2.18. The van der Waals surface area contributed by atoms with Crippen LogP contribution in [0.4, 0.5) is 0 Å². The van der Waals surface area contributed by atoms with Crippen molar-refractivity contribution in [3.05, 3.63) is 47.0 Å². The van der Waals surface area contributed by atoms with Gasteiger partial charge in [-0.25, -0.2) is 29.1 Å². The normalized spacial score (nSPS) is 16.8. The molecule has 0 spiro atoms. The minimum Gasteiger partial charge on any atom is -0.493 e. The number of ether oxygens (including phenoxy) is 10. The lowest BCUT2D eigenvalue weighted by atomic mass is 10.2. The van der Waals surface area contributed by atoms with Crippen LogP contribution in [-0.4, -0.2) is 126 Å². The Morgan fingerprint density at radius 1 is 0.442 bits per heavy atom. The lowest BCUT2D eigenvalue weighted by Crippen LogP contribution is -2.19. The Kier molecular flexibility index (Phi) is 20.7. The second-order valence-electron chi connectivity index (χ2n) is 11.3. The van der Waals surface area contributed by atoms with Crippen LogP contribution < -0.4 is 9.47 Å². The molecule has 0 fully saturated rings. The molecule has 2 aromatic heterocycles. The van der Waals surface area contributed by atoms with Gasteiger partial charge in [0.15, 0.2) is 22.8 Å². The Morgan fingerprint density at radius 2 is 0.712 bits per heavy atom. The number of hydrogen-bond acceptors (Lipinski definition) is 16. The average molecular weight is 735 g/mol. The van der Waals surface area contributed by atoms with Crippen LogP contribution in [0.2, 0.25) is 0 Å². The van der Waals surface area contributed by atoms with Crippen LogP contribution in [-0.2, 0) is 37.9 Å². The number of unbranched alkanes of at least 4 members (excludes halogenated alkanes) is 4. The number of cyclic esters (lactones) is 4. The average Bonchev–Trinajstić information content (AvgIpc) is 3.15. The maximum atomic E-state index is 12.8. The molecule has 4 bridgehead atoms. The van der Waals surface area contributed by atoms with E-state index in [2.05, 4.69) is 23.8 Å². The molecule has 3 heterocycles. The van der Waals surface area contributed by atoms with E-state index in [0.717, 1.165) is 38.5 Å². The van der Waals surface area contributed by atoms with Gasteiger partial charge in [-0.3, -0.25) is 0 Å². The predicted molar refractivity (Wildman–Crippen MR) is 183 cm³/mol. The minimum atomic E-state index is -0.761. The second kappa shape index (κ2) is 25.6. The summed E-state index contributed by atoms with van der Waals surface area (Å²) in [6, 6.07) is 5.64. The summed E-state index contributed by atoms with van der Waals surface area (Å²) in [7, 11) is 0. The first-order valence-electron chi connectivity index (χ1n) is 17.7. The van der Waals surface area contributed by atoms with Crippen LogP contribution in [0.5, 0.6) is 11.5 Å². The first-order valence-corrected chi connectivity index (χ1v) is 17.7. The third-order valence-electron chi connectivity index (χ3n) is 7.05. The third kappa shape index (κ3) is 16.8. The summed E-state index contributed by atoms with van der Waals surface area (Å²) < 4.78 is 54.5. The molecule has 16 heteroatoms. The second-order valence-corrected chi connectivity index (χ2v) is 11.3. The van der Waals surface area contributed by atoms with E-state index in [4.69, 9.17) is 47.4 Å². The standard InChI is InChI=1S/C36H50N2O14/c1-3-5-7-9-47-27-23-29-33(39)49-19-15-43-11-13-45-17-21-51-35(41)31-25-28(48-10-8-6-4-2)26-32(38-31)36(42)52-22-18-46-14-12-44-16-20-50-34(40)30(24-27)37-29/h23-26H,3-22H2,1-2H3. The molecule has 0 radical (unpaired) electrons. The first kappa shape index (κ1) is 42.0. The largest absolute Gasteiger partial charge is 0.493 e. The number of carbonyl (C=O) groups excluding carboxylic acids is 4. The topological polar surface area (TPSA) is 186 Å². The van der Waals surface area contributed by atoms with E-state index in [1.807, 2.05) is 0 Å². The highest BCUT2D eigenvalue weighted by molar-refractivity contribution is 5.93. The number of rotatable bonds is 10. The molecule has 288 valence electrons. The van der Waals surface area contributed by atoms with Crippen molar-refractivity contribution in [2.75, 3.05) is 92.5 Å². The summed E-state index contributed by atoms with van der Waals surface area (Å²) in [5, 5.41) is 0. The number of hydrogen-bond donors (Lipinski definition) is 0. The monoisotopic (exact) mass is 734 g/mol. The van der Waals surface area contributed by atoms with Gasteiger partial charge in [-0.15, -0.1) is 0 Å². The van der Waals surface area contributed by atoms with Crippen molar-refractivity contribution in [3.8, 4) is 11.5 Å². The van der Waals surface area contributed by atoms with Crippen molar-refractivity contribution in [2.24, 2.45) is 0 Å². The SMILES string of the molecule is CCCCCOc1cc2nc(c1)C(=O)OCCOCCOCCOC(=O)c1cc(OCCCCC)cc(n1)C(=O)OCCOCCOCCOC2=O. The van der Waals surface area contributed by atoms with Gasteiger partial charge in [-0.1, -0.05) is 39.5 Å². The molecule has 0 aliphatic carbocycles. The zero-order chi connectivity index (χ0) is 37.2. The lowest BCUT2D eigenvalue weighted by Gasteiger charge is -2.12. The number of aromatic nitrogens is 2. The van der Waals surface area contributed by atoms with E-state index in [1.165, 1.54) is 24.3 Å². The van der Waals surface area contributed by atoms with Crippen LogP contribution in [0.15, 0.2) is 24.3 Å². The molecule has 0 saturated carbocycles. The van der Waals surface area contributed by atoms with Gasteiger partial charge in [0.05, 0.1) is 66.1 Å². The van der Waals surface area contributed by atoms with Gasteiger partial charge in [0.25, 0.3) is 0 Å². The van der Waals surface area contributed by atoms with Gasteiger partial charge < -0.3 is 47.4 Å². The molecule has 1 aliphatic rings. The fourth-order valence-electron chi connectivity index (χ4n) is 4.39. The quantitative estimate of drug-likeness (QED) is 0.193. The van der Waals surface area contributed by atoms with Crippen LogP contribution in [0, 0.1) is 0 Å². The molecule has 0 N–H and O–H groups in total. The Balaban J connectivity index is 1.59. The molecule has 16 nitrogen and oxygen atoms in total. The summed E-state index contributed by atoms with van der Waals surface area (Å²) in [6.45, 7) is 5.64. The number of carbonyl (C=O) groups is 4. The summed E-state index contributed by atoms with van der Waals surface area (Å²) >= 11 is 0. The van der Waals surface area contributed by atoms with E-state index < -0.39 is 23.9 Å². The zero-order valence-corrected chi connectivity index (χ0v) is 30.1. The van der Waals surface area contributed by atoms with Gasteiger partial charge in [0, 0.05) is 24.3 Å². The molecule has 0 saturated heterocycles. The fraction of sp³-hybridized carbons (Fsp3) is 0.611. The van der Waals surface area contributed by atoms with Crippen molar-refractivity contribution in [1.29, 1.82) is 0 Å². The summed E-state index contributed by atoms with van der Waals surface area (Å²) in [6.07, 6.45) is 5.55. The number of esters is 4. The molecular weight excluding hydrogens is 684 g/mol.